The van der Waals surface area contributed by atoms with Gasteiger partial charge < -0.3 is 10.2 Å². The number of hydrogen-bond acceptors (Lipinski definition) is 2. The molecule has 0 atom stereocenters. The highest BCUT2D eigenvalue weighted by Crippen LogP contribution is 2.25. The van der Waals surface area contributed by atoms with E-state index in [0.717, 1.165) is 24.8 Å². The number of nitrogens with one attached hydrogen (secondary N) is 1. The number of nitrogens with zero attached hydrogens (tertiary/aromatic N) is 3. The van der Waals surface area contributed by atoms with Gasteiger partial charge in [-0.2, -0.15) is 5.10 Å². The lowest BCUT2D eigenvalue weighted by atomic mass is 10.1. The van der Waals surface area contributed by atoms with E-state index in [4.69, 9.17) is 0 Å². The molecule has 0 bridgehead atoms. The lowest BCUT2D eigenvalue weighted by Crippen LogP contribution is -2.45. The van der Waals surface area contributed by atoms with Gasteiger partial charge >= 0.3 is 6.03 Å². The Labute approximate surface area is 150 Å². The fraction of sp³-hybridized carbons (Fsp3) is 0.500. The summed E-state index contributed by atoms with van der Waals surface area (Å²) in [6.45, 7) is 3.41. The largest absolute Gasteiger partial charge is 0.338 e. The van der Waals surface area contributed by atoms with Gasteiger partial charge in [0.25, 0.3) is 0 Å². The molecule has 5 heteroatoms. The summed E-state index contributed by atoms with van der Waals surface area (Å²) in [6, 6.07) is 8.89. The van der Waals surface area contributed by atoms with Gasteiger partial charge in [-0.15, -0.1) is 0 Å². The van der Waals surface area contributed by atoms with Crippen molar-refractivity contribution in [1.82, 2.24) is 20.0 Å². The normalized spacial score (nSPS) is 14.6. The van der Waals surface area contributed by atoms with Crippen LogP contribution in [0.5, 0.6) is 0 Å². The Morgan fingerprint density at radius 2 is 1.96 bits per heavy atom. The molecule has 0 spiro atoms. The van der Waals surface area contributed by atoms with Gasteiger partial charge in [0, 0.05) is 32.4 Å². The van der Waals surface area contributed by atoms with Crippen molar-refractivity contribution in [2.24, 2.45) is 7.05 Å². The van der Waals surface area contributed by atoms with E-state index in [9.17, 15) is 4.79 Å². The topological polar surface area (TPSA) is 50.2 Å². The SMILES string of the molecule is Cc1ccc(CN(C(=O)NCCc2cnn(C)c2)C2CCCC2)cc1. The Kier molecular flexibility index (Phi) is 5.74. The van der Waals surface area contributed by atoms with Crippen LogP contribution in [-0.2, 0) is 20.0 Å². The van der Waals surface area contributed by atoms with Gasteiger partial charge in [0.2, 0.25) is 0 Å². The second-order valence-electron chi connectivity index (χ2n) is 7.06. The first-order chi connectivity index (χ1) is 12.1. The average molecular weight is 340 g/mol. The Bertz CT molecular complexity index is 686. The number of benzene rings is 1. The summed E-state index contributed by atoms with van der Waals surface area (Å²) >= 11 is 0. The van der Waals surface area contributed by atoms with Crippen LogP contribution in [-0.4, -0.2) is 33.3 Å². The molecule has 0 radical (unpaired) electrons. The minimum Gasteiger partial charge on any atom is -0.338 e. The summed E-state index contributed by atoms with van der Waals surface area (Å²) in [5.41, 5.74) is 3.59. The predicted octanol–water partition coefficient (Wildman–Crippen LogP) is 3.43. The summed E-state index contributed by atoms with van der Waals surface area (Å²) in [5.74, 6) is 0. The van der Waals surface area contributed by atoms with E-state index >= 15 is 0 Å². The molecule has 0 unspecified atom stereocenters. The van der Waals surface area contributed by atoms with E-state index < -0.39 is 0 Å². The van der Waals surface area contributed by atoms with Gasteiger partial charge in [-0.05, 0) is 37.3 Å². The molecule has 1 N–H and O–H groups in total. The highest BCUT2D eigenvalue weighted by atomic mass is 16.2. The third-order valence-electron chi connectivity index (χ3n) is 4.95. The number of amides is 2. The lowest BCUT2D eigenvalue weighted by Gasteiger charge is -2.29. The first-order valence-electron chi connectivity index (χ1n) is 9.19. The molecule has 0 aliphatic heterocycles. The number of carbonyl (C=O) groups excluding carboxylic acids is 1. The third kappa shape index (κ3) is 4.84. The van der Waals surface area contributed by atoms with Gasteiger partial charge in [-0.25, -0.2) is 4.79 Å². The van der Waals surface area contributed by atoms with Crippen LogP contribution in [0.1, 0.15) is 42.4 Å². The van der Waals surface area contributed by atoms with Crippen LogP contribution in [0, 0.1) is 6.92 Å². The average Bonchev–Trinajstić information content (AvgIpc) is 3.26. The molecule has 1 saturated carbocycles. The smallest absolute Gasteiger partial charge is 0.317 e. The number of carbonyl (C=O) groups is 1. The maximum absolute atomic E-state index is 12.8. The zero-order valence-electron chi connectivity index (χ0n) is 15.2. The van der Waals surface area contributed by atoms with Crippen LogP contribution in [0.4, 0.5) is 4.79 Å². The molecule has 1 aliphatic rings. The molecule has 1 aliphatic carbocycles. The van der Waals surface area contributed by atoms with E-state index in [1.54, 1.807) is 4.68 Å². The maximum Gasteiger partial charge on any atom is 0.317 e. The fourth-order valence-corrected chi connectivity index (χ4v) is 3.49. The lowest BCUT2D eigenvalue weighted by molar-refractivity contribution is 0.171. The minimum absolute atomic E-state index is 0.0522. The van der Waals surface area contributed by atoms with Gasteiger partial charge in [0.1, 0.15) is 0 Å². The second kappa shape index (κ2) is 8.19. The predicted molar refractivity (Wildman–Crippen MR) is 99.3 cm³/mol. The zero-order valence-corrected chi connectivity index (χ0v) is 15.2. The van der Waals surface area contributed by atoms with Crippen LogP contribution in [0.25, 0.3) is 0 Å². The Morgan fingerprint density at radius 1 is 1.24 bits per heavy atom. The summed E-state index contributed by atoms with van der Waals surface area (Å²) in [5, 5.41) is 7.27. The molecule has 0 saturated heterocycles. The van der Waals surface area contributed by atoms with E-state index in [0.29, 0.717) is 19.1 Å². The number of hydrogen-bond donors (Lipinski definition) is 1. The molecular weight excluding hydrogens is 312 g/mol. The molecule has 1 aromatic heterocycles. The molecule has 5 nitrogen and oxygen atoms in total. The molecule has 1 aromatic carbocycles. The fourth-order valence-electron chi connectivity index (χ4n) is 3.49. The minimum atomic E-state index is 0.0522. The van der Waals surface area contributed by atoms with Crippen molar-refractivity contribution in [2.45, 2.75) is 51.6 Å². The van der Waals surface area contributed by atoms with Crippen LogP contribution in [0.2, 0.25) is 0 Å². The molecule has 1 heterocycles. The summed E-state index contributed by atoms with van der Waals surface area (Å²) in [4.78, 5) is 14.8. The molecule has 2 aromatic rings. The van der Waals surface area contributed by atoms with Crippen LogP contribution in [0.3, 0.4) is 0 Å². The Morgan fingerprint density at radius 3 is 2.60 bits per heavy atom. The highest BCUT2D eigenvalue weighted by Gasteiger charge is 2.26. The van der Waals surface area contributed by atoms with Crippen molar-refractivity contribution in [2.75, 3.05) is 6.54 Å². The molecule has 1 fully saturated rings. The monoisotopic (exact) mass is 340 g/mol. The first kappa shape index (κ1) is 17.5. The summed E-state index contributed by atoms with van der Waals surface area (Å²) < 4.78 is 1.79. The second-order valence-corrected chi connectivity index (χ2v) is 7.06. The number of rotatable bonds is 6. The standard InChI is InChI=1S/C20H28N4O/c1-16-7-9-17(10-8-16)15-24(19-5-3-4-6-19)20(25)21-12-11-18-13-22-23(2)14-18/h7-10,13-14,19H,3-6,11-12,15H2,1-2H3,(H,21,25). The van der Waals surface area contributed by atoms with Crippen molar-refractivity contribution in [1.29, 1.82) is 0 Å². The number of aryl methyl sites for hydroxylation is 2. The molecule has 2 amide bonds. The quantitative estimate of drug-likeness (QED) is 0.876. The van der Waals surface area contributed by atoms with Crippen LogP contribution < -0.4 is 5.32 Å². The van der Waals surface area contributed by atoms with Crippen LogP contribution >= 0.6 is 0 Å². The maximum atomic E-state index is 12.8. The van der Waals surface area contributed by atoms with Gasteiger partial charge in [0.05, 0.1) is 6.20 Å². The number of urea groups is 1. The summed E-state index contributed by atoms with van der Waals surface area (Å²) in [7, 11) is 1.91. The van der Waals surface area contributed by atoms with Crippen molar-refractivity contribution in [3.05, 3.63) is 53.3 Å². The van der Waals surface area contributed by atoms with Gasteiger partial charge in [-0.1, -0.05) is 42.7 Å². The molecule has 25 heavy (non-hydrogen) atoms. The van der Waals surface area contributed by atoms with Gasteiger partial charge in [-0.3, -0.25) is 4.68 Å². The molecule has 3 rings (SSSR count). The summed E-state index contributed by atoms with van der Waals surface area (Å²) in [6.07, 6.45) is 9.32. The van der Waals surface area contributed by atoms with E-state index in [-0.39, 0.29) is 6.03 Å². The van der Waals surface area contributed by atoms with Crippen molar-refractivity contribution >= 4 is 6.03 Å². The van der Waals surface area contributed by atoms with Crippen molar-refractivity contribution in [3.63, 3.8) is 0 Å². The number of aromatic nitrogens is 2. The highest BCUT2D eigenvalue weighted by molar-refractivity contribution is 5.74. The Hall–Kier alpha value is -2.30. The van der Waals surface area contributed by atoms with Gasteiger partial charge in [0.15, 0.2) is 0 Å². The molecular formula is C20H28N4O. The van der Waals surface area contributed by atoms with Crippen LogP contribution in [0.15, 0.2) is 36.7 Å². The van der Waals surface area contributed by atoms with E-state index in [2.05, 4.69) is 41.6 Å². The first-order valence-corrected chi connectivity index (χ1v) is 9.19. The molecule has 134 valence electrons. The third-order valence-corrected chi connectivity index (χ3v) is 4.95. The van der Waals surface area contributed by atoms with E-state index in [1.165, 1.54) is 24.0 Å². The van der Waals surface area contributed by atoms with Crippen molar-refractivity contribution in [3.8, 4) is 0 Å². The van der Waals surface area contributed by atoms with E-state index in [1.807, 2.05) is 24.3 Å². The zero-order chi connectivity index (χ0) is 17.6. The Balaban J connectivity index is 1.59. The van der Waals surface area contributed by atoms with Crippen molar-refractivity contribution < 1.29 is 4.79 Å².